The summed E-state index contributed by atoms with van der Waals surface area (Å²) in [4.78, 5) is 0.869. The highest BCUT2D eigenvalue weighted by Crippen LogP contribution is 2.54. The van der Waals surface area contributed by atoms with Crippen LogP contribution in [0.15, 0.2) is 48.7 Å². The minimum Gasteiger partial charge on any atom is -0.498 e. The molecule has 198 valence electrons. The maximum Gasteiger partial charge on any atom is 0.111 e. The van der Waals surface area contributed by atoms with Crippen molar-refractivity contribution in [3.8, 4) is 11.1 Å². The molecular weight excluding hydrogens is 596 g/mol. The van der Waals surface area contributed by atoms with E-state index in [-0.39, 0.29) is 5.41 Å². The highest BCUT2D eigenvalue weighted by Gasteiger charge is 2.42. The predicted octanol–water partition coefficient (Wildman–Crippen LogP) is 9.93. The van der Waals surface area contributed by atoms with Crippen LogP contribution in [0.25, 0.3) is 16.0 Å². The number of benzene rings is 2. The Balaban J connectivity index is 1.91. The SMILES string of the molecule is CCOCCO/C=C(/S)c1ccc2c(c1)C(CCCCCCBr)(CCCCCCBr)c1ccccc1-2. The van der Waals surface area contributed by atoms with E-state index in [9.17, 15) is 0 Å². The fourth-order valence-electron chi connectivity index (χ4n) is 5.49. The van der Waals surface area contributed by atoms with Gasteiger partial charge in [0.25, 0.3) is 0 Å². The Labute approximate surface area is 241 Å². The quantitative estimate of drug-likeness (QED) is 0.0759. The summed E-state index contributed by atoms with van der Waals surface area (Å²) >= 11 is 12.0. The van der Waals surface area contributed by atoms with Crippen LogP contribution in [0, 0.1) is 0 Å². The molecule has 5 heteroatoms. The van der Waals surface area contributed by atoms with Crippen molar-refractivity contribution in [1.82, 2.24) is 0 Å². The van der Waals surface area contributed by atoms with Crippen molar-refractivity contribution in [2.45, 2.75) is 76.5 Å². The monoisotopic (exact) mass is 636 g/mol. The van der Waals surface area contributed by atoms with Gasteiger partial charge in [0.1, 0.15) is 6.61 Å². The van der Waals surface area contributed by atoms with Gasteiger partial charge < -0.3 is 9.47 Å². The Morgan fingerprint density at radius 3 is 2.11 bits per heavy atom. The molecule has 0 unspecified atom stereocenters. The van der Waals surface area contributed by atoms with Gasteiger partial charge in [-0.25, -0.2) is 0 Å². The van der Waals surface area contributed by atoms with Gasteiger partial charge >= 0.3 is 0 Å². The number of ether oxygens (including phenoxy) is 2. The van der Waals surface area contributed by atoms with Crippen molar-refractivity contribution in [3.63, 3.8) is 0 Å². The number of thiol groups is 1. The van der Waals surface area contributed by atoms with Crippen LogP contribution < -0.4 is 0 Å². The molecule has 0 saturated heterocycles. The number of hydrogen-bond acceptors (Lipinski definition) is 3. The molecule has 0 saturated carbocycles. The van der Waals surface area contributed by atoms with Gasteiger partial charge in [0.2, 0.25) is 0 Å². The van der Waals surface area contributed by atoms with Gasteiger partial charge in [-0.15, -0.1) is 12.6 Å². The van der Waals surface area contributed by atoms with Crippen LogP contribution in [0.2, 0.25) is 0 Å². The van der Waals surface area contributed by atoms with Gasteiger partial charge in [-0.2, -0.15) is 0 Å². The smallest absolute Gasteiger partial charge is 0.111 e. The van der Waals surface area contributed by atoms with Gasteiger partial charge in [-0.3, -0.25) is 0 Å². The van der Waals surface area contributed by atoms with Crippen molar-refractivity contribution in [3.05, 3.63) is 65.4 Å². The van der Waals surface area contributed by atoms with E-state index in [0.29, 0.717) is 19.8 Å². The van der Waals surface area contributed by atoms with E-state index in [1.807, 2.05) is 6.92 Å². The van der Waals surface area contributed by atoms with Crippen molar-refractivity contribution in [2.75, 3.05) is 30.5 Å². The first-order valence-electron chi connectivity index (χ1n) is 13.6. The molecule has 0 bridgehead atoms. The van der Waals surface area contributed by atoms with Gasteiger partial charge in [-0.1, -0.05) is 107 Å². The summed E-state index contributed by atoms with van der Waals surface area (Å²) in [5.41, 5.74) is 7.03. The second-order valence-electron chi connectivity index (χ2n) is 9.67. The second-order valence-corrected chi connectivity index (χ2v) is 11.7. The Bertz CT molecular complexity index is 945. The number of hydrogen-bond donors (Lipinski definition) is 1. The van der Waals surface area contributed by atoms with E-state index < -0.39 is 0 Å². The Kier molecular flexibility index (Phi) is 13.5. The lowest BCUT2D eigenvalue weighted by atomic mass is 9.70. The number of alkyl halides is 2. The molecule has 0 spiro atoms. The van der Waals surface area contributed by atoms with Gasteiger partial charge in [0, 0.05) is 27.6 Å². The van der Waals surface area contributed by atoms with Gasteiger partial charge in [0.05, 0.1) is 12.9 Å². The Hall–Kier alpha value is -0.750. The zero-order valence-corrected chi connectivity index (χ0v) is 25.8. The first kappa shape index (κ1) is 29.8. The lowest BCUT2D eigenvalue weighted by molar-refractivity contribution is 0.0938. The van der Waals surface area contributed by atoms with Crippen LogP contribution in [-0.4, -0.2) is 30.5 Å². The maximum absolute atomic E-state index is 5.72. The fraction of sp³-hybridized carbons (Fsp3) is 0.548. The predicted molar refractivity (Wildman–Crippen MR) is 166 cm³/mol. The van der Waals surface area contributed by atoms with Crippen LogP contribution in [0.5, 0.6) is 0 Å². The molecule has 0 aliphatic heterocycles. The summed E-state index contributed by atoms with van der Waals surface area (Å²) in [6, 6.07) is 16.0. The standard InChI is InChI=1S/C31H42Br2O2S/c1-2-34-21-22-35-24-30(36)25-15-16-27-26-13-7-8-14-28(26)31(29(27)23-25,17-9-3-5-11-19-32)18-10-4-6-12-20-33/h7-8,13-16,23-24,36H,2-6,9-12,17-22H2,1H3/b30-24+. The van der Waals surface area contributed by atoms with Crippen molar-refractivity contribution >= 4 is 49.4 Å². The van der Waals surface area contributed by atoms with Gasteiger partial charge in [0.15, 0.2) is 0 Å². The van der Waals surface area contributed by atoms with Crippen LogP contribution in [0.4, 0.5) is 0 Å². The molecule has 1 aliphatic rings. The topological polar surface area (TPSA) is 18.5 Å². The molecule has 0 N–H and O–H groups in total. The number of rotatable bonds is 18. The second kappa shape index (κ2) is 16.3. The van der Waals surface area contributed by atoms with Crippen molar-refractivity contribution < 1.29 is 9.47 Å². The number of fused-ring (bicyclic) bond motifs is 3. The lowest BCUT2D eigenvalue weighted by Crippen LogP contribution is -2.25. The summed E-state index contributed by atoms with van der Waals surface area (Å²) < 4.78 is 11.1. The van der Waals surface area contributed by atoms with E-state index in [1.165, 1.54) is 86.5 Å². The number of unbranched alkanes of at least 4 members (excludes halogenated alkanes) is 6. The summed E-state index contributed by atoms with van der Waals surface area (Å²) in [6.07, 6.45) is 14.4. The minimum absolute atomic E-state index is 0.0780. The Morgan fingerprint density at radius 2 is 1.44 bits per heavy atom. The Morgan fingerprint density at radius 1 is 0.806 bits per heavy atom. The van der Waals surface area contributed by atoms with E-state index in [1.54, 1.807) is 6.26 Å². The molecule has 2 aromatic carbocycles. The molecule has 0 atom stereocenters. The molecule has 3 rings (SSSR count). The summed E-state index contributed by atoms with van der Waals surface area (Å²) in [5.74, 6) is 0. The molecule has 0 radical (unpaired) electrons. The first-order valence-corrected chi connectivity index (χ1v) is 16.3. The van der Waals surface area contributed by atoms with Crippen LogP contribution in [-0.2, 0) is 14.9 Å². The third-order valence-electron chi connectivity index (χ3n) is 7.28. The fourth-order valence-corrected chi connectivity index (χ4v) is 6.49. The van der Waals surface area contributed by atoms with E-state index >= 15 is 0 Å². The van der Waals surface area contributed by atoms with Crippen molar-refractivity contribution in [2.24, 2.45) is 0 Å². The van der Waals surface area contributed by atoms with Crippen LogP contribution >= 0.6 is 44.5 Å². The molecule has 0 heterocycles. The maximum atomic E-state index is 5.72. The molecule has 0 aromatic heterocycles. The molecule has 1 aliphatic carbocycles. The molecule has 0 amide bonds. The lowest BCUT2D eigenvalue weighted by Gasteiger charge is -2.33. The van der Waals surface area contributed by atoms with Crippen LogP contribution in [0.1, 0.15) is 87.8 Å². The zero-order chi connectivity index (χ0) is 25.6. The van der Waals surface area contributed by atoms with E-state index in [2.05, 4.69) is 74.3 Å². The average Bonchev–Trinajstić information content (AvgIpc) is 3.17. The molecule has 36 heavy (non-hydrogen) atoms. The van der Waals surface area contributed by atoms with Gasteiger partial charge in [-0.05, 0) is 66.5 Å². The molecule has 2 nitrogen and oxygen atoms in total. The normalized spacial score (nSPS) is 14.1. The largest absolute Gasteiger partial charge is 0.498 e. The van der Waals surface area contributed by atoms with Crippen LogP contribution in [0.3, 0.4) is 0 Å². The molecule has 0 fully saturated rings. The minimum atomic E-state index is 0.0780. The highest BCUT2D eigenvalue weighted by atomic mass is 79.9. The average molecular weight is 639 g/mol. The van der Waals surface area contributed by atoms with Crippen molar-refractivity contribution in [1.29, 1.82) is 0 Å². The number of halogens is 2. The summed E-state index contributed by atoms with van der Waals surface area (Å²) in [6.45, 7) is 3.85. The van der Waals surface area contributed by atoms with E-state index in [0.717, 1.165) is 21.1 Å². The zero-order valence-electron chi connectivity index (χ0n) is 21.7. The molecule has 2 aromatic rings. The third-order valence-corrected chi connectivity index (χ3v) is 8.77. The first-order chi connectivity index (χ1) is 17.7. The summed E-state index contributed by atoms with van der Waals surface area (Å²) in [7, 11) is 0. The summed E-state index contributed by atoms with van der Waals surface area (Å²) in [5, 5.41) is 2.20. The highest BCUT2D eigenvalue weighted by molar-refractivity contribution is 9.09. The third kappa shape index (κ3) is 7.88. The van der Waals surface area contributed by atoms with E-state index in [4.69, 9.17) is 22.1 Å². The molecular formula is C31H42Br2O2S.